The first-order valence-corrected chi connectivity index (χ1v) is 11.4. The summed E-state index contributed by atoms with van der Waals surface area (Å²) in [4.78, 5) is 37.8. The van der Waals surface area contributed by atoms with E-state index in [0.29, 0.717) is 36.9 Å². The van der Waals surface area contributed by atoms with Gasteiger partial charge >= 0.3 is 6.09 Å². The van der Waals surface area contributed by atoms with Crippen molar-refractivity contribution in [1.82, 2.24) is 14.9 Å². The van der Waals surface area contributed by atoms with E-state index in [-0.39, 0.29) is 24.3 Å². The van der Waals surface area contributed by atoms with Crippen LogP contribution in [0, 0.1) is 5.82 Å². The van der Waals surface area contributed by atoms with Gasteiger partial charge in [0.25, 0.3) is 5.91 Å². The van der Waals surface area contributed by atoms with Crippen LogP contribution in [0.5, 0.6) is 5.88 Å². The predicted octanol–water partition coefficient (Wildman–Crippen LogP) is 3.88. The van der Waals surface area contributed by atoms with E-state index in [0.717, 1.165) is 11.1 Å². The van der Waals surface area contributed by atoms with E-state index < -0.39 is 17.3 Å². The fourth-order valence-electron chi connectivity index (χ4n) is 3.63. The lowest BCUT2D eigenvalue weighted by molar-refractivity contribution is -0.0757. The average molecular weight is 489 g/mol. The number of halogens is 1. The Balaban J connectivity index is 1.61. The van der Waals surface area contributed by atoms with Gasteiger partial charge in [0.15, 0.2) is 0 Å². The monoisotopic (exact) mass is 488 g/mol. The molecule has 35 heavy (non-hydrogen) atoms. The number of hydrogen-bond donors (Lipinski definition) is 0. The summed E-state index contributed by atoms with van der Waals surface area (Å²) in [6.07, 6.45) is -0.321. The molecule has 10 heteroatoms. The number of amides is 2. The molecule has 0 unspecified atom stereocenters. The van der Waals surface area contributed by atoms with E-state index in [4.69, 9.17) is 14.3 Å². The second kappa shape index (κ2) is 10.9. The number of hydrogen-bond acceptors (Lipinski definition) is 7. The first kappa shape index (κ1) is 26.2. The van der Waals surface area contributed by atoms with E-state index in [1.165, 1.54) is 26.3 Å². The van der Waals surface area contributed by atoms with Gasteiger partial charge in [0.2, 0.25) is 5.88 Å². The fourth-order valence-corrected chi connectivity index (χ4v) is 3.63. The molecule has 3 rings (SSSR count). The summed E-state index contributed by atoms with van der Waals surface area (Å²) in [6.45, 7) is 9.17. The maximum Gasteiger partial charge on any atom is 0.410 e. The van der Waals surface area contributed by atoms with E-state index in [1.807, 2.05) is 39.8 Å². The van der Waals surface area contributed by atoms with E-state index in [1.54, 1.807) is 11.0 Å². The fraction of sp³-hybridized carbons (Fsp3) is 0.480. The number of piperazine rings is 1. The van der Waals surface area contributed by atoms with Gasteiger partial charge in [-0.1, -0.05) is 12.1 Å². The topological polar surface area (TPSA) is 84.4 Å². The Labute approximate surface area is 205 Å². The quantitative estimate of drug-likeness (QED) is 0.571. The van der Waals surface area contributed by atoms with Crippen molar-refractivity contribution in [2.75, 3.05) is 38.7 Å². The van der Waals surface area contributed by atoms with Gasteiger partial charge < -0.3 is 19.3 Å². The van der Waals surface area contributed by atoms with Crippen LogP contribution in [0.4, 0.5) is 15.0 Å². The standard InChI is InChI=1S/C25H33FN4O5/c1-17-15-29(12-13-30(17)24(32)35-25(2,3)4)21-8-7-9-22(27-21)34-16-19-11-10-18(14-20(19)26)23(31)28(5)33-6/h7-11,14,17H,12-13,15-16H2,1-6H3/t17-/m0/s1. The molecule has 2 aromatic rings. The van der Waals surface area contributed by atoms with Gasteiger partial charge in [-0.05, 0) is 45.9 Å². The Morgan fingerprint density at radius 2 is 1.94 bits per heavy atom. The zero-order valence-electron chi connectivity index (χ0n) is 21.1. The number of rotatable bonds is 6. The molecule has 190 valence electrons. The van der Waals surface area contributed by atoms with Crippen molar-refractivity contribution in [2.45, 2.75) is 45.9 Å². The minimum absolute atomic E-state index is 0.0420. The summed E-state index contributed by atoms with van der Waals surface area (Å²) in [5, 5.41) is 1.02. The number of pyridine rings is 1. The predicted molar refractivity (Wildman–Crippen MR) is 129 cm³/mol. The summed E-state index contributed by atoms with van der Waals surface area (Å²) in [7, 11) is 2.81. The maximum absolute atomic E-state index is 14.5. The van der Waals surface area contributed by atoms with Crippen LogP contribution in [-0.4, -0.2) is 72.4 Å². The molecule has 0 radical (unpaired) electrons. The third kappa shape index (κ3) is 6.82. The highest BCUT2D eigenvalue weighted by Crippen LogP contribution is 2.22. The molecule has 1 aromatic carbocycles. The third-order valence-corrected chi connectivity index (χ3v) is 5.52. The Bertz CT molecular complexity index is 1060. The number of carbonyl (C=O) groups excluding carboxylic acids is 2. The lowest BCUT2D eigenvalue weighted by atomic mass is 10.1. The number of anilines is 1. The highest BCUT2D eigenvalue weighted by atomic mass is 19.1. The number of nitrogens with zero attached hydrogens (tertiary/aromatic N) is 4. The lowest BCUT2D eigenvalue weighted by Crippen LogP contribution is -2.55. The highest BCUT2D eigenvalue weighted by molar-refractivity contribution is 5.93. The number of hydroxylamine groups is 2. The summed E-state index contributed by atoms with van der Waals surface area (Å²) < 4.78 is 25.8. The normalized spacial score (nSPS) is 16.1. The van der Waals surface area contributed by atoms with E-state index >= 15 is 0 Å². The third-order valence-electron chi connectivity index (χ3n) is 5.52. The molecule has 1 aromatic heterocycles. The van der Waals surface area contributed by atoms with Gasteiger partial charge in [-0.2, -0.15) is 4.98 Å². The summed E-state index contributed by atoms with van der Waals surface area (Å²) in [6, 6.07) is 9.52. The van der Waals surface area contributed by atoms with Crippen LogP contribution >= 0.6 is 0 Å². The molecule has 1 fully saturated rings. The van der Waals surface area contributed by atoms with Gasteiger partial charge in [0.1, 0.15) is 23.8 Å². The van der Waals surface area contributed by atoms with Crippen molar-refractivity contribution in [3.05, 3.63) is 53.3 Å². The Morgan fingerprint density at radius 3 is 2.57 bits per heavy atom. The molecule has 9 nitrogen and oxygen atoms in total. The largest absolute Gasteiger partial charge is 0.473 e. The van der Waals surface area contributed by atoms with Crippen molar-refractivity contribution in [3.63, 3.8) is 0 Å². The van der Waals surface area contributed by atoms with Crippen molar-refractivity contribution in [3.8, 4) is 5.88 Å². The van der Waals surface area contributed by atoms with Crippen molar-refractivity contribution in [1.29, 1.82) is 0 Å². The molecule has 0 saturated carbocycles. The molecule has 1 atom stereocenters. The lowest BCUT2D eigenvalue weighted by Gasteiger charge is -2.40. The molecule has 0 aliphatic carbocycles. The van der Waals surface area contributed by atoms with Crippen LogP contribution in [0.1, 0.15) is 43.6 Å². The molecular formula is C25H33FN4O5. The first-order chi connectivity index (χ1) is 16.5. The summed E-state index contributed by atoms with van der Waals surface area (Å²) >= 11 is 0. The molecule has 2 heterocycles. The number of aromatic nitrogens is 1. The average Bonchev–Trinajstić information content (AvgIpc) is 2.81. The zero-order chi connectivity index (χ0) is 25.8. The summed E-state index contributed by atoms with van der Waals surface area (Å²) in [5.41, 5.74) is -0.0692. The van der Waals surface area contributed by atoms with E-state index in [2.05, 4.69) is 9.88 Å². The van der Waals surface area contributed by atoms with E-state index in [9.17, 15) is 14.0 Å². The number of ether oxygens (including phenoxy) is 2. The minimum atomic E-state index is -0.552. The molecule has 1 saturated heterocycles. The van der Waals surface area contributed by atoms with Crippen LogP contribution in [0.25, 0.3) is 0 Å². The number of benzene rings is 1. The van der Waals surface area contributed by atoms with Gasteiger partial charge in [-0.15, -0.1) is 0 Å². The van der Waals surface area contributed by atoms with Crippen molar-refractivity contribution < 1.29 is 28.3 Å². The van der Waals surface area contributed by atoms with Crippen LogP contribution < -0.4 is 9.64 Å². The first-order valence-electron chi connectivity index (χ1n) is 11.4. The molecule has 0 spiro atoms. The van der Waals surface area contributed by atoms with Gasteiger partial charge in [-0.25, -0.2) is 14.2 Å². The minimum Gasteiger partial charge on any atom is -0.473 e. The van der Waals surface area contributed by atoms with Crippen LogP contribution in [0.3, 0.4) is 0 Å². The Morgan fingerprint density at radius 1 is 1.20 bits per heavy atom. The van der Waals surface area contributed by atoms with Crippen LogP contribution in [0.2, 0.25) is 0 Å². The maximum atomic E-state index is 14.5. The van der Waals surface area contributed by atoms with Gasteiger partial charge in [0.05, 0.1) is 7.11 Å². The Hall–Kier alpha value is -3.40. The zero-order valence-corrected chi connectivity index (χ0v) is 21.1. The molecule has 0 bridgehead atoms. The van der Waals surface area contributed by atoms with Gasteiger partial charge in [0, 0.05) is 49.9 Å². The smallest absolute Gasteiger partial charge is 0.410 e. The molecule has 2 amide bonds. The molecule has 0 N–H and O–H groups in total. The van der Waals surface area contributed by atoms with Crippen molar-refractivity contribution >= 4 is 17.8 Å². The SMILES string of the molecule is CON(C)C(=O)c1ccc(COc2cccc(N3CCN(C(=O)OC(C)(C)C)[C@@H](C)C3)n2)c(F)c1. The molecular weight excluding hydrogens is 455 g/mol. The molecule has 1 aliphatic rings. The van der Waals surface area contributed by atoms with Crippen LogP contribution in [-0.2, 0) is 16.2 Å². The number of carbonyl (C=O) groups is 2. The van der Waals surface area contributed by atoms with Crippen molar-refractivity contribution in [2.24, 2.45) is 0 Å². The second-order valence-electron chi connectivity index (χ2n) is 9.38. The van der Waals surface area contributed by atoms with Crippen LogP contribution in [0.15, 0.2) is 36.4 Å². The summed E-state index contributed by atoms with van der Waals surface area (Å²) in [5.74, 6) is 0.0587. The van der Waals surface area contributed by atoms with Gasteiger partial charge in [-0.3, -0.25) is 9.63 Å². The second-order valence-corrected chi connectivity index (χ2v) is 9.38. The molecule has 1 aliphatic heterocycles. The highest BCUT2D eigenvalue weighted by Gasteiger charge is 2.31. The Kier molecular flexibility index (Phi) is 8.16.